The van der Waals surface area contributed by atoms with E-state index in [1.165, 1.54) is 23.5 Å². The Morgan fingerprint density at radius 2 is 2.08 bits per heavy atom. The molecule has 0 saturated heterocycles. The molecule has 0 unspecified atom stereocenters. The summed E-state index contributed by atoms with van der Waals surface area (Å²) in [6.07, 6.45) is -3.51. The number of aromatic nitrogens is 3. The highest BCUT2D eigenvalue weighted by molar-refractivity contribution is 7.18. The topological polar surface area (TPSA) is 67.8 Å². The largest absolute Gasteiger partial charge is 0.416 e. The van der Waals surface area contributed by atoms with Crippen LogP contribution in [-0.2, 0) is 23.8 Å². The number of carbonyl (C=O) groups is 1. The predicted molar refractivity (Wildman–Crippen MR) is 94.2 cm³/mol. The monoisotopic (exact) mass is 398 g/mol. The van der Waals surface area contributed by atoms with Crippen molar-refractivity contribution >= 4 is 33.7 Å². The third-order valence-corrected chi connectivity index (χ3v) is 5.28. The third-order valence-electron chi connectivity index (χ3n) is 3.35. The first-order valence-corrected chi connectivity index (χ1v) is 9.29. The van der Waals surface area contributed by atoms with Gasteiger partial charge in [-0.3, -0.25) is 4.79 Å². The van der Waals surface area contributed by atoms with Crippen LogP contribution in [0.5, 0.6) is 0 Å². The minimum atomic E-state index is -4.43. The summed E-state index contributed by atoms with van der Waals surface area (Å²) < 4.78 is 38.4. The van der Waals surface area contributed by atoms with Crippen molar-refractivity contribution in [2.75, 3.05) is 5.32 Å². The average Bonchev–Trinajstić information content (AvgIpc) is 3.23. The summed E-state index contributed by atoms with van der Waals surface area (Å²) in [6.45, 7) is 1.99. The molecule has 0 aliphatic carbocycles. The van der Waals surface area contributed by atoms with Gasteiger partial charge in [0.15, 0.2) is 0 Å². The fraction of sp³-hybridized carbons (Fsp3) is 0.250. The van der Waals surface area contributed by atoms with Crippen LogP contribution < -0.4 is 5.32 Å². The smallest absolute Gasteiger partial charge is 0.300 e. The third kappa shape index (κ3) is 4.44. The van der Waals surface area contributed by atoms with Crippen molar-refractivity contribution in [3.63, 3.8) is 0 Å². The quantitative estimate of drug-likeness (QED) is 0.691. The maximum atomic E-state index is 12.8. The number of aryl methyl sites for hydroxylation is 1. The van der Waals surface area contributed by atoms with E-state index in [0.29, 0.717) is 16.3 Å². The summed E-state index contributed by atoms with van der Waals surface area (Å²) >= 11 is 2.51. The number of halogens is 3. The lowest BCUT2D eigenvalue weighted by Gasteiger charge is -2.06. The number of hydrogen-bond acceptors (Lipinski definition) is 6. The van der Waals surface area contributed by atoms with E-state index in [9.17, 15) is 18.0 Å². The zero-order valence-corrected chi connectivity index (χ0v) is 15.1. The molecule has 2 heterocycles. The van der Waals surface area contributed by atoms with Gasteiger partial charge < -0.3 is 5.32 Å². The molecule has 0 aliphatic rings. The molecule has 0 spiro atoms. The minimum Gasteiger partial charge on any atom is -0.300 e. The van der Waals surface area contributed by atoms with Gasteiger partial charge in [0.1, 0.15) is 5.01 Å². The van der Waals surface area contributed by atoms with Crippen LogP contribution in [0.4, 0.5) is 18.3 Å². The summed E-state index contributed by atoms with van der Waals surface area (Å²) in [5.74, 6) is -0.301. The van der Waals surface area contributed by atoms with Gasteiger partial charge in [0, 0.05) is 10.9 Å². The molecule has 10 heteroatoms. The number of rotatable bonds is 5. The number of amides is 1. The molecule has 26 heavy (non-hydrogen) atoms. The molecule has 0 bridgehead atoms. The van der Waals surface area contributed by atoms with Crippen molar-refractivity contribution in [1.82, 2.24) is 15.2 Å². The van der Waals surface area contributed by atoms with Gasteiger partial charge in [-0.05, 0) is 18.6 Å². The lowest BCUT2D eigenvalue weighted by molar-refractivity contribution is -0.137. The van der Waals surface area contributed by atoms with Crippen molar-refractivity contribution in [3.8, 4) is 10.6 Å². The van der Waals surface area contributed by atoms with Crippen LogP contribution in [0, 0.1) is 0 Å². The number of carbonyl (C=O) groups excluding carboxylic acids is 1. The Morgan fingerprint density at radius 3 is 2.77 bits per heavy atom. The van der Waals surface area contributed by atoms with Crippen molar-refractivity contribution in [3.05, 3.63) is 45.9 Å². The Labute approximate surface area is 154 Å². The highest BCUT2D eigenvalue weighted by Crippen LogP contribution is 2.33. The van der Waals surface area contributed by atoms with Gasteiger partial charge in [0.2, 0.25) is 11.0 Å². The second-order valence-electron chi connectivity index (χ2n) is 5.30. The van der Waals surface area contributed by atoms with Crippen molar-refractivity contribution < 1.29 is 18.0 Å². The van der Waals surface area contributed by atoms with E-state index < -0.39 is 11.7 Å². The van der Waals surface area contributed by atoms with Gasteiger partial charge in [0.05, 0.1) is 22.7 Å². The van der Waals surface area contributed by atoms with Crippen LogP contribution in [-0.4, -0.2) is 21.1 Å². The Morgan fingerprint density at radius 1 is 1.27 bits per heavy atom. The van der Waals surface area contributed by atoms with Crippen LogP contribution in [0.15, 0.2) is 29.6 Å². The standard InChI is InChI=1S/C16H13F3N4OS2/c1-2-13-20-11(8-25-13)7-12(24)21-15-23-22-14(26-15)9-4-3-5-10(6-9)16(17,18)19/h3-6,8H,2,7H2,1H3,(H,21,23,24). The highest BCUT2D eigenvalue weighted by atomic mass is 32.1. The van der Waals surface area contributed by atoms with Gasteiger partial charge in [-0.25, -0.2) is 4.98 Å². The lowest BCUT2D eigenvalue weighted by atomic mass is 10.1. The molecule has 0 saturated carbocycles. The van der Waals surface area contributed by atoms with Gasteiger partial charge in [-0.1, -0.05) is 30.4 Å². The number of alkyl halides is 3. The summed E-state index contributed by atoms with van der Waals surface area (Å²) in [4.78, 5) is 16.4. The van der Waals surface area contributed by atoms with Crippen molar-refractivity contribution in [2.45, 2.75) is 25.9 Å². The first kappa shape index (κ1) is 18.5. The van der Waals surface area contributed by atoms with Gasteiger partial charge in [-0.2, -0.15) is 13.2 Å². The Kier molecular flexibility index (Phi) is 5.33. The lowest BCUT2D eigenvalue weighted by Crippen LogP contribution is -2.14. The second kappa shape index (κ2) is 7.50. The number of hydrogen-bond donors (Lipinski definition) is 1. The molecule has 5 nitrogen and oxygen atoms in total. The van der Waals surface area contributed by atoms with E-state index in [4.69, 9.17) is 0 Å². The molecule has 1 N–H and O–H groups in total. The average molecular weight is 398 g/mol. The van der Waals surface area contributed by atoms with E-state index in [1.54, 1.807) is 0 Å². The minimum absolute atomic E-state index is 0.106. The molecule has 3 aromatic rings. The maximum absolute atomic E-state index is 12.8. The van der Waals surface area contributed by atoms with Gasteiger partial charge in [0.25, 0.3) is 0 Å². The Hall–Kier alpha value is -2.33. The van der Waals surface area contributed by atoms with E-state index in [1.807, 2.05) is 12.3 Å². The highest BCUT2D eigenvalue weighted by Gasteiger charge is 2.30. The fourth-order valence-electron chi connectivity index (χ4n) is 2.14. The first-order chi connectivity index (χ1) is 12.3. The summed E-state index contributed by atoms with van der Waals surface area (Å²) in [5, 5.41) is 13.6. The second-order valence-corrected chi connectivity index (χ2v) is 7.22. The summed E-state index contributed by atoms with van der Waals surface area (Å²) in [6, 6.07) is 4.83. The predicted octanol–water partition coefficient (Wildman–Crippen LogP) is 4.42. The maximum Gasteiger partial charge on any atom is 0.416 e. The SMILES string of the molecule is CCc1nc(CC(=O)Nc2nnc(-c3cccc(C(F)(F)F)c3)s2)cs1. The number of nitrogens with one attached hydrogen (secondary N) is 1. The number of thiazole rings is 1. The van der Waals surface area contributed by atoms with Crippen LogP contribution in [0.2, 0.25) is 0 Å². The molecule has 1 amide bonds. The molecule has 136 valence electrons. The van der Waals surface area contributed by atoms with Crippen molar-refractivity contribution in [2.24, 2.45) is 0 Å². The normalized spacial score (nSPS) is 11.5. The van der Waals surface area contributed by atoms with Gasteiger partial charge in [-0.15, -0.1) is 21.5 Å². The number of anilines is 1. The van der Waals surface area contributed by atoms with Crippen LogP contribution in [0.25, 0.3) is 10.6 Å². The molecule has 0 aliphatic heterocycles. The zero-order chi connectivity index (χ0) is 18.7. The molecular weight excluding hydrogens is 385 g/mol. The molecule has 2 aromatic heterocycles. The van der Waals surface area contributed by atoms with E-state index in [2.05, 4.69) is 20.5 Å². The van der Waals surface area contributed by atoms with Crippen LogP contribution in [0.3, 0.4) is 0 Å². The number of nitrogens with zero attached hydrogens (tertiary/aromatic N) is 3. The number of benzene rings is 1. The van der Waals surface area contributed by atoms with Crippen LogP contribution in [0.1, 0.15) is 23.2 Å². The van der Waals surface area contributed by atoms with E-state index >= 15 is 0 Å². The van der Waals surface area contributed by atoms with E-state index in [-0.39, 0.29) is 17.5 Å². The zero-order valence-electron chi connectivity index (χ0n) is 13.5. The van der Waals surface area contributed by atoms with Crippen molar-refractivity contribution in [1.29, 1.82) is 0 Å². The molecular formula is C16H13F3N4OS2. The van der Waals surface area contributed by atoms with Gasteiger partial charge >= 0.3 is 6.18 Å². The van der Waals surface area contributed by atoms with E-state index in [0.717, 1.165) is 34.9 Å². The molecule has 0 atom stereocenters. The Bertz CT molecular complexity index is 920. The molecule has 0 fully saturated rings. The van der Waals surface area contributed by atoms with Crippen LogP contribution >= 0.6 is 22.7 Å². The summed E-state index contributed by atoms with van der Waals surface area (Å²) in [7, 11) is 0. The molecule has 3 rings (SSSR count). The summed E-state index contributed by atoms with van der Waals surface area (Å²) in [5.41, 5.74) is 0.211. The Balaban J connectivity index is 1.69. The fourth-order valence-corrected chi connectivity index (χ4v) is 3.64. The molecule has 1 aromatic carbocycles. The molecule has 0 radical (unpaired) electrons. The first-order valence-electron chi connectivity index (χ1n) is 7.59.